The van der Waals surface area contributed by atoms with Gasteiger partial charge in [-0.3, -0.25) is 9.59 Å². The monoisotopic (exact) mass is 377 g/mol. The second kappa shape index (κ2) is 6.86. The van der Waals surface area contributed by atoms with E-state index in [1.54, 1.807) is 31.2 Å². The van der Waals surface area contributed by atoms with Gasteiger partial charge in [0.25, 0.3) is 0 Å². The van der Waals surface area contributed by atoms with Gasteiger partial charge < -0.3 is 10.1 Å². The van der Waals surface area contributed by atoms with Crippen molar-refractivity contribution in [1.29, 1.82) is 0 Å². The van der Waals surface area contributed by atoms with Crippen molar-refractivity contribution in [2.75, 3.05) is 11.9 Å². The first-order valence-corrected chi connectivity index (χ1v) is 8.22. The van der Waals surface area contributed by atoms with E-state index in [2.05, 4.69) is 5.32 Å². The third-order valence-electron chi connectivity index (χ3n) is 3.97. The summed E-state index contributed by atoms with van der Waals surface area (Å²) in [6.07, 6.45) is 0. The lowest BCUT2D eigenvalue weighted by Crippen LogP contribution is -2.15. The molecule has 1 aliphatic heterocycles. The number of anilines is 1. The van der Waals surface area contributed by atoms with Crippen LogP contribution in [0.3, 0.4) is 0 Å². The molecule has 1 atom stereocenters. The van der Waals surface area contributed by atoms with Crippen molar-refractivity contribution in [2.24, 2.45) is 0 Å². The van der Waals surface area contributed by atoms with Crippen LogP contribution in [-0.4, -0.2) is 24.3 Å². The molecule has 5 nitrogen and oxygen atoms in total. The fourth-order valence-corrected chi connectivity index (χ4v) is 2.90. The minimum atomic E-state index is -0.729. The average Bonchev–Trinajstić information content (AvgIpc) is 2.88. The number of Topliss-reactive ketones (excluding diaryl/α,β-unsaturated/α-hetero) is 1. The number of carbonyl (C=O) groups excluding carboxylic acids is 3. The molecule has 1 amide bonds. The maximum absolute atomic E-state index is 12.3. The van der Waals surface area contributed by atoms with Crippen molar-refractivity contribution in [1.82, 2.24) is 0 Å². The zero-order valence-electron chi connectivity index (χ0n) is 13.1. The first kappa shape index (κ1) is 17.5. The third kappa shape index (κ3) is 3.52. The van der Waals surface area contributed by atoms with Crippen LogP contribution < -0.4 is 5.32 Å². The number of hydrogen-bond donors (Lipinski definition) is 1. The van der Waals surface area contributed by atoms with Crippen LogP contribution in [0.25, 0.3) is 0 Å². The smallest absolute Gasteiger partial charge is 0.340 e. The second-order valence-electron chi connectivity index (χ2n) is 5.64. The quantitative estimate of drug-likeness (QED) is 0.643. The Labute approximate surface area is 153 Å². The number of nitrogens with one attached hydrogen (secondary N) is 1. The minimum absolute atomic E-state index is 0.0966. The minimum Gasteiger partial charge on any atom is -0.454 e. The van der Waals surface area contributed by atoms with Crippen LogP contribution in [0.1, 0.15) is 39.1 Å². The summed E-state index contributed by atoms with van der Waals surface area (Å²) in [5, 5.41) is 3.27. The van der Waals surface area contributed by atoms with E-state index >= 15 is 0 Å². The largest absolute Gasteiger partial charge is 0.454 e. The molecule has 0 bridgehead atoms. The van der Waals surface area contributed by atoms with Crippen LogP contribution in [0.5, 0.6) is 0 Å². The molecule has 1 aliphatic rings. The van der Waals surface area contributed by atoms with Crippen LogP contribution in [0, 0.1) is 0 Å². The van der Waals surface area contributed by atoms with E-state index in [4.69, 9.17) is 27.9 Å². The highest BCUT2D eigenvalue weighted by Gasteiger charge is 2.27. The van der Waals surface area contributed by atoms with Crippen LogP contribution in [0.2, 0.25) is 10.0 Å². The van der Waals surface area contributed by atoms with E-state index in [9.17, 15) is 14.4 Å². The van der Waals surface area contributed by atoms with Gasteiger partial charge in [0.2, 0.25) is 5.91 Å². The van der Waals surface area contributed by atoms with Gasteiger partial charge in [-0.05, 0) is 48.9 Å². The lowest BCUT2D eigenvalue weighted by Gasteiger charge is -2.08. The Balaban J connectivity index is 1.70. The van der Waals surface area contributed by atoms with Crippen molar-refractivity contribution in [3.8, 4) is 0 Å². The molecule has 0 radical (unpaired) electrons. The van der Waals surface area contributed by atoms with E-state index < -0.39 is 12.6 Å². The standard InChI is InChI=1S/C18H13Cl2NO4/c1-9-12-6-10(2-5-15(12)21-17(9)23)16(22)8-25-18(24)13-7-11(19)3-4-14(13)20/h2-7,9H,8H2,1H3,(H,21,23)/t9-/m0/s1. The predicted octanol–water partition coefficient (Wildman–Crippen LogP) is 4.09. The molecule has 0 unspecified atom stereocenters. The predicted molar refractivity (Wildman–Crippen MR) is 94.6 cm³/mol. The summed E-state index contributed by atoms with van der Waals surface area (Å²) >= 11 is 11.8. The molecule has 2 aromatic rings. The van der Waals surface area contributed by atoms with E-state index in [0.717, 1.165) is 5.56 Å². The fourth-order valence-electron chi connectivity index (χ4n) is 2.54. The summed E-state index contributed by atoms with van der Waals surface area (Å²) in [5.41, 5.74) is 1.91. The molecule has 3 rings (SSSR count). The molecule has 0 aliphatic carbocycles. The highest BCUT2D eigenvalue weighted by molar-refractivity contribution is 6.35. The Hall–Kier alpha value is -2.37. The molecule has 7 heteroatoms. The van der Waals surface area contributed by atoms with Gasteiger partial charge in [-0.25, -0.2) is 4.79 Å². The molecule has 0 spiro atoms. The van der Waals surface area contributed by atoms with Crippen LogP contribution >= 0.6 is 23.2 Å². The van der Waals surface area contributed by atoms with Crippen LogP contribution in [0.4, 0.5) is 5.69 Å². The van der Waals surface area contributed by atoms with E-state index in [1.807, 2.05) is 0 Å². The van der Waals surface area contributed by atoms with Gasteiger partial charge in [0.1, 0.15) is 0 Å². The molecular weight excluding hydrogens is 365 g/mol. The van der Waals surface area contributed by atoms with Gasteiger partial charge in [0, 0.05) is 16.3 Å². The highest BCUT2D eigenvalue weighted by atomic mass is 35.5. The highest BCUT2D eigenvalue weighted by Crippen LogP contribution is 2.32. The maximum atomic E-state index is 12.3. The molecule has 0 saturated heterocycles. The van der Waals surface area contributed by atoms with E-state index in [1.165, 1.54) is 12.1 Å². The van der Waals surface area contributed by atoms with Gasteiger partial charge in [0.15, 0.2) is 12.4 Å². The number of esters is 1. The Bertz CT molecular complexity index is 895. The number of ketones is 1. The molecule has 1 N–H and O–H groups in total. The fraction of sp³-hybridized carbons (Fsp3) is 0.167. The van der Waals surface area contributed by atoms with Crippen molar-refractivity contribution in [3.05, 3.63) is 63.1 Å². The van der Waals surface area contributed by atoms with Crippen molar-refractivity contribution in [2.45, 2.75) is 12.8 Å². The molecule has 0 saturated carbocycles. The third-order valence-corrected chi connectivity index (χ3v) is 4.54. The maximum Gasteiger partial charge on any atom is 0.340 e. The normalized spacial score (nSPS) is 15.5. The molecule has 1 heterocycles. The number of ether oxygens (including phenoxy) is 1. The summed E-state index contributed by atoms with van der Waals surface area (Å²) in [5.74, 6) is -1.54. The topological polar surface area (TPSA) is 72.5 Å². The molecule has 0 fully saturated rings. The zero-order valence-corrected chi connectivity index (χ0v) is 14.6. The van der Waals surface area contributed by atoms with Crippen molar-refractivity contribution < 1.29 is 19.1 Å². The number of fused-ring (bicyclic) bond motifs is 1. The first-order valence-electron chi connectivity index (χ1n) is 7.47. The van der Waals surface area contributed by atoms with E-state index in [-0.39, 0.29) is 28.2 Å². The number of rotatable bonds is 4. The van der Waals surface area contributed by atoms with Gasteiger partial charge in [0.05, 0.1) is 16.5 Å². The molecule has 2 aromatic carbocycles. The number of halogens is 2. The lowest BCUT2D eigenvalue weighted by molar-refractivity contribution is -0.116. The Kier molecular flexibility index (Phi) is 4.79. The summed E-state index contributed by atoms with van der Waals surface area (Å²) < 4.78 is 5.03. The summed E-state index contributed by atoms with van der Waals surface area (Å²) in [7, 11) is 0. The first-order chi connectivity index (χ1) is 11.9. The number of hydrogen-bond acceptors (Lipinski definition) is 4. The van der Waals surface area contributed by atoms with Crippen LogP contribution in [0.15, 0.2) is 36.4 Å². The number of carbonyl (C=O) groups is 3. The Morgan fingerprint density at radius 3 is 2.68 bits per heavy atom. The van der Waals surface area contributed by atoms with Gasteiger partial charge in [-0.2, -0.15) is 0 Å². The van der Waals surface area contributed by atoms with Gasteiger partial charge >= 0.3 is 5.97 Å². The van der Waals surface area contributed by atoms with Gasteiger partial charge in [-0.1, -0.05) is 23.2 Å². The summed E-state index contributed by atoms with van der Waals surface area (Å²) in [6.45, 7) is 1.33. The Morgan fingerprint density at radius 1 is 1.16 bits per heavy atom. The average molecular weight is 378 g/mol. The van der Waals surface area contributed by atoms with Crippen molar-refractivity contribution in [3.63, 3.8) is 0 Å². The second-order valence-corrected chi connectivity index (χ2v) is 6.48. The number of benzene rings is 2. The molecule has 128 valence electrons. The van der Waals surface area contributed by atoms with Gasteiger partial charge in [-0.15, -0.1) is 0 Å². The van der Waals surface area contributed by atoms with E-state index in [0.29, 0.717) is 16.3 Å². The summed E-state index contributed by atoms with van der Waals surface area (Å²) in [4.78, 5) is 36.0. The number of amides is 1. The zero-order chi connectivity index (χ0) is 18.1. The Morgan fingerprint density at radius 2 is 1.92 bits per heavy atom. The summed E-state index contributed by atoms with van der Waals surface area (Å²) in [6, 6.07) is 9.30. The molecule has 25 heavy (non-hydrogen) atoms. The SMILES string of the molecule is C[C@@H]1C(=O)Nc2ccc(C(=O)COC(=O)c3cc(Cl)ccc3Cl)cc21. The van der Waals surface area contributed by atoms with Crippen molar-refractivity contribution >= 4 is 46.5 Å². The molecule has 0 aromatic heterocycles. The van der Waals surface area contributed by atoms with Crippen LogP contribution in [-0.2, 0) is 9.53 Å². The molecular formula is C18H13Cl2NO4. The lowest BCUT2D eigenvalue weighted by atomic mass is 9.99.